The largest absolute Gasteiger partial charge is 0.460 e. The van der Waals surface area contributed by atoms with E-state index in [0.29, 0.717) is 16.7 Å². The first-order valence-electron chi connectivity index (χ1n) is 12.9. The summed E-state index contributed by atoms with van der Waals surface area (Å²) >= 11 is 0. The van der Waals surface area contributed by atoms with Crippen molar-refractivity contribution in [2.45, 2.75) is 43.1 Å². The van der Waals surface area contributed by atoms with Crippen molar-refractivity contribution in [3.63, 3.8) is 0 Å². The molecule has 0 saturated carbocycles. The maximum absolute atomic E-state index is 13.6. The SMILES string of the molecule is Cc1ccc(S(=O)(=O)N[C@H](C(=O)OCc2ccccc2)[C@@](O)(Cc2ccccc2)C(=O)OCc2ccccc2)cc1. The average molecular weight is 574 g/mol. The Labute approximate surface area is 239 Å². The van der Waals surface area contributed by atoms with Gasteiger partial charge in [0.15, 0.2) is 11.6 Å². The van der Waals surface area contributed by atoms with Crippen LogP contribution >= 0.6 is 0 Å². The number of esters is 2. The fourth-order valence-electron chi connectivity index (χ4n) is 4.14. The number of aliphatic hydroxyl groups is 1. The molecule has 2 atom stereocenters. The number of ether oxygens (including phenoxy) is 2. The van der Waals surface area contributed by atoms with Gasteiger partial charge in [-0.1, -0.05) is 109 Å². The Morgan fingerprint density at radius 1 is 0.732 bits per heavy atom. The molecule has 0 saturated heterocycles. The molecule has 0 aliphatic rings. The predicted molar refractivity (Wildman–Crippen MR) is 153 cm³/mol. The van der Waals surface area contributed by atoms with Crippen LogP contribution in [0.4, 0.5) is 0 Å². The summed E-state index contributed by atoms with van der Waals surface area (Å²) in [7, 11) is -4.40. The standard InChI is InChI=1S/C32H31NO7S/c1-24-17-19-28(20-18-24)41(37,38)33-29(30(34)39-22-26-13-7-3-8-14-26)32(36,21-25-11-5-2-6-12-25)31(35)40-23-27-15-9-4-10-16-27/h2-20,29,33,36H,21-23H2,1H3/t29-,32+/m1/s1. The van der Waals surface area contributed by atoms with Gasteiger partial charge in [-0.05, 0) is 35.7 Å². The molecule has 4 aromatic rings. The number of carbonyl (C=O) groups is 2. The minimum absolute atomic E-state index is 0.149. The number of hydrogen-bond donors (Lipinski definition) is 2. The Morgan fingerprint density at radius 2 is 1.20 bits per heavy atom. The molecule has 0 radical (unpaired) electrons. The lowest BCUT2D eigenvalue weighted by molar-refractivity contribution is -0.177. The highest BCUT2D eigenvalue weighted by molar-refractivity contribution is 7.89. The van der Waals surface area contributed by atoms with Gasteiger partial charge in [-0.25, -0.2) is 13.2 Å². The van der Waals surface area contributed by atoms with Crippen molar-refractivity contribution < 1.29 is 32.6 Å². The van der Waals surface area contributed by atoms with E-state index in [2.05, 4.69) is 4.72 Å². The summed E-state index contributed by atoms with van der Waals surface area (Å²) in [6, 6.07) is 29.9. The third kappa shape index (κ3) is 7.88. The number of sulfonamides is 1. The van der Waals surface area contributed by atoms with Gasteiger partial charge in [0.05, 0.1) is 4.90 Å². The van der Waals surface area contributed by atoms with Crippen LogP contribution in [0.5, 0.6) is 0 Å². The van der Waals surface area contributed by atoms with Crippen molar-refractivity contribution in [1.29, 1.82) is 0 Å². The summed E-state index contributed by atoms with van der Waals surface area (Å²) in [5.41, 5.74) is -0.0812. The highest BCUT2D eigenvalue weighted by Gasteiger charge is 2.52. The van der Waals surface area contributed by atoms with Gasteiger partial charge in [-0.15, -0.1) is 0 Å². The van der Waals surface area contributed by atoms with Crippen LogP contribution in [0.2, 0.25) is 0 Å². The molecule has 212 valence electrons. The predicted octanol–water partition coefficient (Wildman–Crippen LogP) is 4.10. The summed E-state index contributed by atoms with van der Waals surface area (Å²) in [6.07, 6.45) is -0.428. The van der Waals surface area contributed by atoms with E-state index in [1.54, 1.807) is 110 Å². The fourth-order valence-corrected chi connectivity index (χ4v) is 5.37. The number of carbonyl (C=O) groups excluding carboxylic acids is 2. The molecule has 0 fully saturated rings. The second kappa shape index (κ2) is 13.4. The molecule has 41 heavy (non-hydrogen) atoms. The third-order valence-electron chi connectivity index (χ3n) is 6.42. The molecule has 4 rings (SSSR count). The number of rotatable bonds is 12. The van der Waals surface area contributed by atoms with Gasteiger partial charge in [-0.3, -0.25) is 4.79 Å². The maximum Gasteiger partial charge on any atom is 0.341 e. The summed E-state index contributed by atoms with van der Waals surface area (Å²) in [6.45, 7) is 1.39. The maximum atomic E-state index is 13.6. The van der Waals surface area contributed by atoms with Crippen LogP contribution in [0.25, 0.3) is 0 Å². The first-order chi connectivity index (χ1) is 19.7. The Kier molecular flexibility index (Phi) is 9.67. The average Bonchev–Trinajstić information content (AvgIpc) is 2.99. The van der Waals surface area contributed by atoms with Crippen molar-refractivity contribution in [3.8, 4) is 0 Å². The van der Waals surface area contributed by atoms with E-state index in [0.717, 1.165) is 5.56 Å². The molecule has 0 unspecified atom stereocenters. The second-order valence-electron chi connectivity index (χ2n) is 9.61. The molecular weight excluding hydrogens is 542 g/mol. The molecule has 0 spiro atoms. The van der Waals surface area contributed by atoms with E-state index in [1.165, 1.54) is 12.1 Å². The molecule has 0 heterocycles. The van der Waals surface area contributed by atoms with Crippen molar-refractivity contribution in [3.05, 3.63) is 138 Å². The van der Waals surface area contributed by atoms with Gasteiger partial charge in [-0.2, -0.15) is 4.72 Å². The van der Waals surface area contributed by atoms with Crippen molar-refractivity contribution in [1.82, 2.24) is 4.72 Å². The molecule has 0 aromatic heterocycles. The molecule has 4 aromatic carbocycles. The van der Waals surface area contributed by atoms with Gasteiger partial charge in [0.25, 0.3) is 0 Å². The van der Waals surface area contributed by atoms with Crippen LogP contribution in [-0.4, -0.2) is 37.1 Å². The van der Waals surface area contributed by atoms with E-state index in [4.69, 9.17) is 9.47 Å². The molecule has 8 nitrogen and oxygen atoms in total. The zero-order valence-electron chi connectivity index (χ0n) is 22.5. The van der Waals surface area contributed by atoms with Crippen LogP contribution < -0.4 is 4.72 Å². The summed E-state index contributed by atoms with van der Waals surface area (Å²) < 4.78 is 40.1. The topological polar surface area (TPSA) is 119 Å². The summed E-state index contributed by atoms with van der Waals surface area (Å²) in [5.74, 6) is -2.32. The molecule has 9 heteroatoms. The first-order valence-corrected chi connectivity index (χ1v) is 14.4. The van der Waals surface area contributed by atoms with E-state index >= 15 is 0 Å². The Bertz CT molecular complexity index is 1540. The first kappa shape index (κ1) is 29.7. The van der Waals surface area contributed by atoms with E-state index in [9.17, 15) is 23.1 Å². The molecule has 0 aliphatic carbocycles. The van der Waals surface area contributed by atoms with Crippen LogP contribution in [0.1, 0.15) is 22.3 Å². The lowest BCUT2D eigenvalue weighted by Crippen LogP contribution is -2.63. The molecule has 0 bridgehead atoms. The zero-order chi connectivity index (χ0) is 29.3. The van der Waals surface area contributed by atoms with Crippen molar-refractivity contribution in [2.75, 3.05) is 0 Å². The highest BCUT2D eigenvalue weighted by atomic mass is 32.2. The molecule has 0 aliphatic heterocycles. The van der Waals surface area contributed by atoms with Gasteiger partial charge in [0.2, 0.25) is 10.0 Å². The van der Waals surface area contributed by atoms with Gasteiger partial charge < -0.3 is 14.6 Å². The minimum atomic E-state index is -4.40. The lowest BCUT2D eigenvalue weighted by atomic mass is 9.87. The number of hydrogen-bond acceptors (Lipinski definition) is 7. The van der Waals surface area contributed by atoms with Crippen LogP contribution in [0.3, 0.4) is 0 Å². The third-order valence-corrected chi connectivity index (χ3v) is 7.86. The van der Waals surface area contributed by atoms with E-state index < -0.39 is 40.0 Å². The zero-order valence-corrected chi connectivity index (χ0v) is 23.3. The van der Waals surface area contributed by atoms with Crippen LogP contribution in [-0.2, 0) is 48.7 Å². The monoisotopic (exact) mass is 573 g/mol. The van der Waals surface area contributed by atoms with Crippen molar-refractivity contribution in [2.24, 2.45) is 0 Å². The fraction of sp³-hybridized carbons (Fsp3) is 0.188. The normalized spacial score (nSPS) is 13.5. The molecule has 2 N–H and O–H groups in total. The van der Waals surface area contributed by atoms with Gasteiger partial charge in [0, 0.05) is 6.42 Å². The highest BCUT2D eigenvalue weighted by Crippen LogP contribution is 2.25. The Morgan fingerprint density at radius 3 is 1.71 bits per heavy atom. The lowest BCUT2D eigenvalue weighted by Gasteiger charge is -2.33. The van der Waals surface area contributed by atoms with Gasteiger partial charge >= 0.3 is 11.9 Å². The Hall–Kier alpha value is -4.31. The smallest absolute Gasteiger partial charge is 0.341 e. The second-order valence-corrected chi connectivity index (χ2v) is 11.3. The van der Waals surface area contributed by atoms with E-state index in [-0.39, 0.29) is 18.1 Å². The quantitative estimate of drug-likeness (QED) is 0.245. The number of benzene rings is 4. The van der Waals surface area contributed by atoms with Crippen LogP contribution in [0, 0.1) is 6.92 Å². The Balaban J connectivity index is 1.71. The van der Waals surface area contributed by atoms with Gasteiger partial charge in [0.1, 0.15) is 13.2 Å². The molecular formula is C32H31NO7S. The minimum Gasteiger partial charge on any atom is -0.460 e. The summed E-state index contributed by atoms with van der Waals surface area (Å²) in [4.78, 5) is 27.0. The summed E-state index contributed by atoms with van der Waals surface area (Å²) in [5, 5.41) is 12.0. The number of nitrogens with one attached hydrogen (secondary N) is 1. The molecule has 0 amide bonds. The van der Waals surface area contributed by atoms with Crippen LogP contribution in [0.15, 0.2) is 120 Å². The van der Waals surface area contributed by atoms with Crippen molar-refractivity contribution >= 4 is 22.0 Å². The van der Waals surface area contributed by atoms with E-state index in [1.807, 2.05) is 0 Å². The number of aryl methyl sites for hydroxylation is 1.